The van der Waals surface area contributed by atoms with Crippen molar-refractivity contribution < 1.29 is 4.79 Å². The molecule has 8 nitrogen and oxygen atoms in total. The van der Waals surface area contributed by atoms with Gasteiger partial charge in [0.2, 0.25) is 5.91 Å². The van der Waals surface area contributed by atoms with Gasteiger partial charge in [-0.2, -0.15) is 10.2 Å². The molecule has 0 spiro atoms. The summed E-state index contributed by atoms with van der Waals surface area (Å²) in [5.74, 6) is 0.276. The number of aromatic nitrogens is 5. The van der Waals surface area contributed by atoms with E-state index < -0.39 is 0 Å². The molecule has 0 aliphatic rings. The first-order valence-corrected chi connectivity index (χ1v) is 11.1. The highest BCUT2D eigenvalue weighted by Gasteiger charge is 2.22. The van der Waals surface area contributed by atoms with E-state index in [4.69, 9.17) is 16.7 Å². The molecule has 0 unspecified atom stereocenters. The van der Waals surface area contributed by atoms with Gasteiger partial charge in [0.05, 0.1) is 11.4 Å². The van der Waals surface area contributed by atoms with E-state index in [0.29, 0.717) is 34.0 Å². The summed E-state index contributed by atoms with van der Waals surface area (Å²) in [7, 11) is 0. The largest absolute Gasteiger partial charge is 0.350 e. The lowest BCUT2D eigenvalue weighted by Gasteiger charge is -2.10. The number of hydrogen-bond donors (Lipinski definition) is 1. The Morgan fingerprint density at radius 3 is 2.38 bits per heavy atom. The number of carbonyl (C=O) groups is 1. The molecular formula is C25H21ClN6O2. The van der Waals surface area contributed by atoms with Gasteiger partial charge in [0, 0.05) is 24.0 Å². The van der Waals surface area contributed by atoms with Crippen molar-refractivity contribution in [1.29, 1.82) is 0 Å². The minimum absolute atomic E-state index is 0.204. The van der Waals surface area contributed by atoms with Crippen LogP contribution in [0.2, 0.25) is 5.02 Å². The lowest BCUT2D eigenvalue weighted by atomic mass is 10.2. The Morgan fingerprint density at radius 1 is 0.971 bits per heavy atom. The van der Waals surface area contributed by atoms with E-state index >= 15 is 0 Å². The average Bonchev–Trinajstić information content (AvgIpc) is 3.51. The normalized spacial score (nSPS) is 11.1. The van der Waals surface area contributed by atoms with Crippen molar-refractivity contribution in [2.45, 2.75) is 20.0 Å². The van der Waals surface area contributed by atoms with E-state index in [-0.39, 0.29) is 18.0 Å². The molecule has 0 bridgehead atoms. The number of aryl methyl sites for hydroxylation is 1. The molecule has 0 aliphatic carbocycles. The summed E-state index contributed by atoms with van der Waals surface area (Å²) in [5, 5.41) is 12.9. The Bertz CT molecular complexity index is 1520. The molecule has 2 aromatic carbocycles. The van der Waals surface area contributed by atoms with Crippen LogP contribution in [-0.4, -0.2) is 30.0 Å². The number of nitrogens with one attached hydrogen (secondary N) is 1. The second-order valence-corrected chi connectivity index (χ2v) is 8.27. The Kier molecular flexibility index (Phi) is 5.73. The Hall–Kier alpha value is -4.17. The zero-order chi connectivity index (χ0) is 23.7. The van der Waals surface area contributed by atoms with E-state index in [1.807, 2.05) is 71.6 Å². The topological polar surface area (TPSA) is 86.7 Å². The maximum absolute atomic E-state index is 13.5. The first-order valence-electron chi connectivity index (χ1n) is 10.7. The van der Waals surface area contributed by atoms with E-state index in [1.54, 1.807) is 23.7 Å². The highest BCUT2D eigenvalue weighted by molar-refractivity contribution is 6.30. The monoisotopic (exact) mass is 472 g/mol. The number of nitrogens with zero attached hydrogens (tertiary/aromatic N) is 5. The van der Waals surface area contributed by atoms with Crippen LogP contribution in [0.1, 0.15) is 11.3 Å². The molecule has 3 aromatic heterocycles. The quantitative estimate of drug-likeness (QED) is 0.408. The van der Waals surface area contributed by atoms with Crippen LogP contribution in [0.3, 0.4) is 0 Å². The third kappa shape index (κ3) is 4.11. The minimum Gasteiger partial charge on any atom is -0.350 e. The lowest BCUT2D eigenvalue weighted by molar-refractivity contribution is -0.122. The van der Waals surface area contributed by atoms with Crippen LogP contribution in [0.4, 0.5) is 0 Å². The van der Waals surface area contributed by atoms with Gasteiger partial charge in [0.15, 0.2) is 5.82 Å². The van der Waals surface area contributed by atoms with Gasteiger partial charge in [-0.15, -0.1) is 0 Å². The molecule has 1 N–H and O–H groups in total. The summed E-state index contributed by atoms with van der Waals surface area (Å²) in [5.41, 5.74) is 2.39. The van der Waals surface area contributed by atoms with Crippen molar-refractivity contribution in [3.8, 4) is 11.5 Å². The summed E-state index contributed by atoms with van der Waals surface area (Å²) < 4.78 is 4.76. The smallest absolute Gasteiger partial charge is 0.280 e. The fourth-order valence-corrected chi connectivity index (χ4v) is 3.95. The summed E-state index contributed by atoms with van der Waals surface area (Å²) in [6.45, 7) is 1.91. The van der Waals surface area contributed by atoms with Crippen molar-refractivity contribution >= 4 is 28.4 Å². The second-order valence-electron chi connectivity index (χ2n) is 7.84. The van der Waals surface area contributed by atoms with E-state index in [1.165, 1.54) is 4.68 Å². The highest BCUT2D eigenvalue weighted by Crippen LogP contribution is 2.24. The summed E-state index contributed by atoms with van der Waals surface area (Å²) in [6, 6.07) is 20.6. The summed E-state index contributed by atoms with van der Waals surface area (Å²) in [4.78, 5) is 26.2. The van der Waals surface area contributed by atoms with Gasteiger partial charge in [-0.25, -0.2) is 9.36 Å². The average molecular weight is 473 g/mol. The van der Waals surface area contributed by atoms with Gasteiger partial charge in [0.1, 0.15) is 17.4 Å². The predicted octanol–water partition coefficient (Wildman–Crippen LogP) is 3.65. The van der Waals surface area contributed by atoms with Crippen LogP contribution < -0.4 is 10.9 Å². The van der Waals surface area contributed by atoms with Crippen molar-refractivity contribution in [2.75, 3.05) is 0 Å². The van der Waals surface area contributed by atoms with Crippen LogP contribution >= 0.6 is 11.6 Å². The SMILES string of the molecule is Cc1nn(CC(=O)NCc2ccc(Cl)cc2)c(=O)c2c(-n3cccc3)n(-c3ccccc3)nc12. The first kappa shape index (κ1) is 21.7. The van der Waals surface area contributed by atoms with Crippen LogP contribution in [0.15, 0.2) is 83.9 Å². The molecule has 34 heavy (non-hydrogen) atoms. The number of rotatable bonds is 6. The molecule has 0 fully saturated rings. The Balaban J connectivity index is 1.54. The minimum atomic E-state index is -0.381. The van der Waals surface area contributed by atoms with Crippen molar-refractivity contribution in [3.05, 3.63) is 106 Å². The van der Waals surface area contributed by atoms with Gasteiger partial charge in [0.25, 0.3) is 5.56 Å². The van der Waals surface area contributed by atoms with Crippen LogP contribution in [0.5, 0.6) is 0 Å². The van der Waals surface area contributed by atoms with E-state index in [9.17, 15) is 9.59 Å². The molecule has 1 amide bonds. The number of amides is 1. The number of hydrogen-bond acceptors (Lipinski definition) is 4. The predicted molar refractivity (Wildman–Crippen MR) is 130 cm³/mol. The number of fused-ring (bicyclic) bond motifs is 1. The van der Waals surface area contributed by atoms with E-state index in [0.717, 1.165) is 11.3 Å². The summed E-state index contributed by atoms with van der Waals surface area (Å²) in [6.07, 6.45) is 3.71. The Labute approximate surface area is 200 Å². The van der Waals surface area contributed by atoms with Crippen molar-refractivity contribution in [2.24, 2.45) is 0 Å². The standard InChI is InChI=1S/C25H21ClN6O2/c1-17-23-22(24(30-13-5-6-14-30)32(29-23)20-7-3-2-4-8-20)25(34)31(28-17)16-21(33)27-15-18-9-11-19(26)12-10-18/h2-14H,15-16H2,1H3,(H,27,33). The fraction of sp³-hybridized carbons (Fsp3) is 0.120. The zero-order valence-electron chi connectivity index (χ0n) is 18.4. The van der Waals surface area contributed by atoms with E-state index in [2.05, 4.69) is 10.4 Å². The molecule has 9 heteroatoms. The number of halogens is 1. The van der Waals surface area contributed by atoms with Gasteiger partial charge >= 0.3 is 0 Å². The highest BCUT2D eigenvalue weighted by atomic mass is 35.5. The summed E-state index contributed by atoms with van der Waals surface area (Å²) >= 11 is 5.91. The second kappa shape index (κ2) is 8.99. The molecule has 3 heterocycles. The molecule has 170 valence electrons. The van der Waals surface area contributed by atoms with Crippen molar-refractivity contribution in [1.82, 2.24) is 29.4 Å². The number of benzene rings is 2. The van der Waals surface area contributed by atoms with Crippen LogP contribution in [-0.2, 0) is 17.9 Å². The molecule has 0 saturated heterocycles. The molecule has 0 radical (unpaired) electrons. The van der Waals surface area contributed by atoms with Gasteiger partial charge in [-0.1, -0.05) is 41.9 Å². The molecule has 0 atom stereocenters. The van der Waals surface area contributed by atoms with Crippen LogP contribution in [0, 0.1) is 6.92 Å². The molecular weight excluding hydrogens is 452 g/mol. The van der Waals surface area contributed by atoms with Gasteiger partial charge < -0.3 is 9.88 Å². The lowest BCUT2D eigenvalue weighted by Crippen LogP contribution is -2.34. The first-order chi connectivity index (χ1) is 16.5. The number of para-hydroxylation sites is 1. The molecule has 0 saturated carbocycles. The zero-order valence-corrected chi connectivity index (χ0v) is 19.1. The Morgan fingerprint density at radius 2 is 1.68 bits per heavy atom. The maximum Gasteiger partial charge on any atom is 0.280 e. The molecule has 0 aliphatic heterocycles. The van der Waals surface area contributed by atoms with Gasteiger partial charge in [-0.3, -0.25) is 9.59 Å². The molecule has 5 aromatic rings. The van der Waals surface area contributed by atoms with Gasteiger partial charge in [-0.05, 0) is 48.9 Å². The third-order valence-electron chi connectivity index (χ3n) is 5.47. The third-order valence-corrected chi connectivity index (χ3v) is 5.72. The molecule has 5 rings (SSSR count). The number of carbonyl (C=O) groups excluding carboxylic acids is 1. The van der Waals surface area contributed by atoms with Crippen LogP contribution in [0.25, 0.3) is 22.4 Å². The maximum atomic E-state index is 13.5. The fourth-order valence-electron chi connectivity index (χ4n) is 3.83. The van der Waals surface area contributed by atoms with Crippen molar-refractivity contribution in [3.63, 3.8) is 0 Å².